The van der Waals surface area contributed by atoms with Gasteiger partial charge in [0.05, 0.1) is 5.69 Å². The van der Waals surface area contributed by atoms with Gasteiger partial charge in [0, 0.05) is 18.6 Å². The van der Waals surface area contributed by atoms with Gasteiger partial charge in [-0.05, 0) is 30.2 Å². The molecule has 0 aliphatic carbocycles. The smallest absolute Gasteiger partial charge is 0.146 e. The summed E-state index contributed by atoms with van der Waals surface area (Å²) in [6.45, 7) is 5.33. The molecular formula is C12H18ClFN2. The lowest BCUT2D eigenvalue weighted by molar-refractivity contribution is 0.383. The van der Waals surface area contributed by atoms with E-state index in [9.17, 15) is 4.39 Å². The zero-order valence-corrected chi connectivity index (χ0v) is 10.7. The normalized spacial score (nSPS) is 11.6. The molecule has 90 valence electrons. The highest BCUT2D eigenvalue weighted by Crippen LogP contribution is 2.25. The Morgan fingerprint density at radius 3 is 2.62 bits per heavy atom. The van der Waals surface area contributed by atoms with E-state index >= 15 is 0 Å². The summed E-state index contributed by atoms with van der Waals surface area (Å²) in [5.74, 6) is -0.264. The van der Waals surface area contributed by atoms with Crippen LogP contribution in [0.4, 0.5) is 10.1 Å². The zero-order chi connectivity index (χ0) is 12.3. The van der Waals surface area contributed by atoms with Crippen LogP contribution in [0.5, 0.6) is 0 Å². The minimum Gasteiger partial charge on any atom is -0.372 e. The van der Waals surface area contributed by atoms with Gasteiger partial charge in [0.15, 0.2) is 0 Å². The third-order valence-corrected chi connectivity index (χ3v) is 2.77. The van der Waals surface area contributed by atoms with E-state index in [1.54, 1.807) is 12.1 Å². The molecule has 2 nitrogen and oxygen atoms in total. The van der Waals surface area contributed by atoms with Gasteiger partial charge in [-0.1, -0.05) is 25.4 Å². The lowest BCUT2D eigenvalue weighted by atomic mass is 9.93. The zero-order valence-electron chi connectivity index (χ0n) is 9.93. The topological polar surface area (TPSA) is 29.3 Å². The molecule has 16 heavy (non-hydrogen) atoms. The molecule has 0 aliphatic rings. The lowest BCUT2D eigenvalue weighted by Crippen LogP contribution is -2.37. The van der Waals surface area contributed by atoms with Crippen molar-refractivity contribution in [3.8, 4) is 0 Å². The van der Waals surface area contributed by atoms with Gasteiger partial charge in [0.25, 0.3) is 0 Å². The highest BCUT2D eigenvalue weighted by Gasteiger charge is 2.20. The van der Waals surface area contributed by atoms with E-state index in [1.807, 2.05) is 25.8 Å². The van der Waals surface area contributed by atoms with Gasteiger partial charge in [0.1, 0.15) is 5.82 Å². The van der Waals surface area contributed by atoms with Crippen LogP contribution in [0.1, 0.15) is 13.8 Å². The van der Waals surface area contributed by atoms with Crippen molar-refractivity contribution < 1.29 is 4.39 Å². The van der Waals surface area contributed by atoms with Crippen molar-refractivity contribution in [2.75, 3.05) is 25.0 Å². The molecule has 0 unspecified atom stereocenters. The number of rotatable bonds is 4. The van der Waals surface area contributed by atoms with Crippen LogP contribution in [-0.2, 0) is 0 Å². The summed E-state index contributed by atoms with van der Waals surface area (Å²) in [6.07, 6.45) is 0. The average Bonchev–Trinajstić information content (AvgIpc) is 2.21. The number of benzene rings is 1. The second kappa shape index (κ2) is 5.02. The van der Waals surface area contributed by atoms with E-state index in [0.717, 1.165) is 0 Å². The number of nitrogens with two attached hydrogens (primary N) is 1. The van der Waals surface area contributed by atoms with Crippen LogP contribution in [0, 0.1) is 11.2 Å². The molecule has 0 aliphatic heterocycles. The predicted molar refractivity (Wildman–Crippen MR) is 67.5 cm³/mol. The van der Waals surface area contributed by atoms with E-state index in [-0.39, 0.29) is 11.2 Å². The van der Waals surface area contributed by atoms with Crippen LogP contribution in [0.2, 0.25) is 5.02 Å². The van der Waals surface area contributed by atoms with E-state index in [1.165, 1.54) is 6.07 Å². The quantitative estimate of drug-likeness (QED) is 0.883. The van der Waals surface area contributed by atoms with E-state index in [0.29, 0.717) is 23.8 Å². The second-order valence-electron chi connectivity index (χ2n) is 4.82. The Kier molecular flexibility index (Phi) is 4.16. The van der Waals surface area contributed by atoms with Crippen LogP contribution >= 0.6 is 11.6 Å². The first-order valence-corrected chi connectivity index (χ1v) is 5.60. The molecule has 0 saturated heterocycles. The standard InChI is InChI=1S/C12H18ClFN2/c1-12(2,7-15)8-16(3)11-6-9(13)4-5-10(11)14/h4-6H,7-8,15H2,1-3H3. The molecule has 1 aromatic rings. The Morgan fingerprint density at radius 2 is 2.06 bits per heavy atom. The van der Waals surface area contributed by atoms with Crippen LogP contribution in [0.25, 0.3) is 0 Å². The van der Waals surface area contributed by atoms with Gasteiger partial charge in [-0.25, -0.2) is 4.39 Å². The largest absolute Gasteiger partial charge is 0.372 e. The maximum absolute atomic E-state index is 13.6. The molecule has 0 atom stereocenters. The summed E-state index contributed by atoms with van der Waals surface area (Å²) in [7, 11) is 1.84. The molecule has 1 aromatic carbocycles. The van der Waals surface area contributed by atoms with E-state index in [4.69, 9.17) is 17.3 Å². The average molecular weight is 245 g/mol. The van der Waals surface area contributed by atoms with E-state index in [2.05, 4.69) is 0 Å². The second-order valence-corrected chi connectivity index (χ2v) is 5.26. The number of anilines is 1. The third kappa shape index (κ3) is 3.35. The Bertz CT molecular complexity index is 366. The van der Waals surface area contributed by atoms with Crippen LogP contribution in [-0.4, -0.2) is 20.1 Å². The first-order valence-electron chi connectivity index (χ1n) is 5.22. The van der Waals surface area contributed by atoms with Crippen molar-refractivity contribution >= 4 is 17.3 Å². The van der Waals surface area contributed by atoms with Crippen LogP contribution in [0.15, 0.2) is 18.2 Å². The fourth-order valence-electron chi connectivity index (χ4n) is 1.57. The molecule has 0 heterocycles. The molecule has 4 heteroatoms. The molecule has 0 radical (unpaired) electrons. The maximum atomic E-state index is 13.6. The van der Waals surface area contributed by atoms with Gasteiger partial charge < -0.3 is 10.6 Å². The minimum absolute atomic E-state index is 0.0521. The van der Waals surface area contributed by atoms with Gasteiger partial charge in [-0.15, -0.1) is 0 Å². The molecule has 0 aromatic heterocycles. The summed E-state index contributed by atoms with van der Waals surface area (Å²) >= 11 is 5.85. The summed E-state index contributed by atoms with van der Waals surface area (Å²) < 4.78 is 13.6. The number of nitrogens with zero attached hydrogens (tertiary/aromatic N) is 1. The Hall–Kier alpha value is -0.800. The molecule has 0 bridgehead atoms. The first-order chi connectivity index (χ1) is 7.35. The van der Waals surface area contributed by atoms with Crippen molar-refractivity contribution in [2.45, 2.75) is 13.8 Å². The van der Waals surface area contributed by atoms with Gasteiger partial charge >= 0.3 is 0 Å². The molecular weight excluding hydrogens is 227 g/mol. The third-order valence-electron chi connectivity index (χ3n) is 2.54. The van der Waals surface area contributed by atoms with Crippen molar-refractivity contribution in [1.82, 2.24) is 0 Å². The van der Waals surface area contributed by atoms with E-state index < -0.39 is 0 Å². The monoisotopic (exact) mass is 244 g/mol. The Balaban J connectivity index is 2.88. The van der Waals surface area contributed by atoms with Crippen LogP contribution < -0.4 is 10.6 Å². The molecule has 0 spiro atoms. The number of hydrogen-bond acceptors (Lipinski definition) is 2. The molecule has 1 rings (SSSR count). The van der Waals surface area contributed by atoms with Gasteiger partial charge in [0.2, 0.25) is 0 Å². The molecule has 0 saturated carbocycles. The summed E-state index contributed by atoms with van der Waals surface area (Å²) in [5.41, 5.74) is 6.11. The van der Waals surface area contributed by atoms with Gasteiger partial charge in [-0.2, -0.15) is 0 Å². The first kappa shape index (κ1) is 13.3. The van der Waals surface area contributed by atoms with Crippen molar-refractivity contribution in [3.63, 3.8) is 0 Å². The maximum Gasteiger partial charge on any atom is 0.146 e. The lowest BCUT2D eigenvalue weighted by Gasteiger charge is -2.30. The summed E-state index contributed by atoms with van der Waals surface area (Å²) in [4.78, 5) is 1.84. The highest BCUT2D eigenvalue weighted by molar-refractivity contribution is 6.30. The summed E-state index contributed by atoms with van der Waals surface area (Å²) in [5, 5.41) is 0.536. The number of halogens is 2. The van der Waals surface area contributed by atoms with Crippen LogP contribution in [0.3, 0.4) is 0 Å². The Labute approximate surface area is 101 Å². The SMILES string of the molecule is CN(CC(C)(C)CN)c1cc(Cl)ccc1F. The van der Waals surface area contributed by atoms with Crippen molar-refractivity contribution in [1.29, 1.82) is 0 Å². The van der Waals surface area contributed by atoms with Gasteiger partial charge in [-0.3, -0.25) is 0 Å². The predicted octanol–water partition coefficient (Wildman–Crippen LogP) is 2.90. The summed E-state index contributed by atoms with van der Waals surface area (Å²) in [6, 6.07) is 4.55. The molecule has 0 fully saturated rings. The molecule has 2 N–H and O–H groups in total. The molecule has 0 amide bonds. The fourth-order valence-corrected chi connectivity index (χ4v) is 1.74. The highest BCUT2D eigenvalue weighted by atomic mass is 35.5. The van der Waals surface area contributed by atoms with Crippen molar-refractivity contribution in [3.05, 3.63) is 29.0 Å². The number of hydrogen-bond donors (Lipinski definition) is 1. The fraction of sp³-hybridized carbons (Fsp3) is 0.500. The van der Waals surface area contributed by atoms with Crippen molar-refractivity contribution in [2.24, 2.45) is 11.1 Å². The minimum atomic E-state index is -0.264. The Morgan fingerprint density at radius 1 is 1.44 bits per heavy atom.